The average molecular weight is 524 g/mol. The highest BCUT2D eigenvalue weighted by atomic mass is 32.1. The summed E-state index contributed by atoms with van der Waals surface area (Å²) in [5.41, 5.74) is -1.04. The molecule has 182 valence electrons. The number of carbonyl (C=O) groups is 1. The van der Waals surface area contributed by atoms with Crippen LogP contribution >= 0.6 is 11.3 Å². The van der Waals surface area contributed by atoms with Crippen LogP contribution in [0.25, 0.3) is 21.8 Å². The molecular weight excluding hydrogens is 505 g/mol. The van der Waals surface area contributed by atoms with Crippen LogP contribution in [0, 0.1) is 11.6 Å². The van der Waals surface area contributed by atoms with Gasteiger partial charge in [0.25, 0.3) is 5.91 Å². The Morgan fingerprint density at radius 3 is 2.29 bits per heavy atom. The summed E-state index contributed by atoms with van der Waals surface area (Å²) in [6, 6.07) is 9.28. The van der Waals surface area contributed by atoms with E-state index in [-0.39, 0.29) is 27.0 Å². The fourth-order valence-electron chi connectivity index (χ4n) is 3.19. The van der Waals surface area contributed by atoms with Gasteiger partial charge in [0.2, 0.25) is 0 Å². The van der Waals surface area contributed by atoms with Gasteiger partial charge in [0.15, 0.2) is 5.13 Å². The number of benzene rings is 2. The second-order valence-corrected chi connectivity index (χ2v) is 14.6. The topological polar surface area (TPSA) is 68.0 Å². The highest BCUT2D eigenvalue weighted by Gasteiger charge is 2.31. The minimum Gasteiger partial charge on any atom is -0.366 e. The summed E-state index contributed by atoms with van der Waals surface area (Å²) in [4.78, 5) is 17.2. The van der Waals surface area contributed by atoms with Gasteiger partial charge < -0.3 is 4.52 Å². The largest absolute Gasteiger partial charge is 0.416 e. The normalized spacial score (nSPS) is 12.1. The van der Waals surface area contributed by atoms with Crippen molar-refractivity contribution in [1.29, 1.82) is 0 Å². The molecule has 0 atom stereocenters. The first-order valence-corrected chi connectivity index (χ1v) is 14.6. The van der Waals surface area contributed by atoms with Crippen LogP contribution in [0.15, 0.2) is 53.1 Å². The summed E-state index contributed by atoms with van der Waals surface area (Å²) >= 11 is 0.853. The second-order valence-electron chi connectivity index (χ2n) is 8.65. The van der Waals surface area contributed by atoms with E-state index in [0.29, 0.717) is 5.38 Å². The average Bonchev–Trinajstić information content (AvgIpc) is 3.40. The maximum atomic E-state index is 14.0. The van der Waals surface area contributed by atoms with Crippen molar-refractivity contribution in [2.75, 3.05) is 5.32 Å². The van der Waals surface area contributed by atoms with Crippen LogP contribution in [-0.4, -0.2) is 24.1 Å². The number of halogens is 5. The number of carbonyl (C=O) groups excluding carboxylic acids is 1. The van der Waals surface area contributed by atoms with Gasteiger partial charge in [-0.1, -0.05) is 54.3 Å². The first kappa shape index (κ1) is 24.7. The van der Waals surface area contributed by atoms with E-state index in [9.17, 15) is 26.7 Å². The number of nitrogens with one attached hydrogen (secondary N) is 1. The summed E-state index contributed by atoms with van der Waals surface area (Å²) in [5.74, 6) is -3.21. The minimum atomic E-state index is -4.57. The zero-order valence-corrected chi connectivity index (χ0v) is 20.4. The monoisotopic (exact) mass is 523 g/mol. The van der Waals surface area contributed by atoms with Crippen LogP contribution in [-0.2, 0) is 6.18 Å². The number of rotatable bonds is 5. The lowest BCUT2D eigenvalue weighted by Gasteiger charge is -2.09. The summed E-state index contributed by atoms with van der Waals surface area (Å²) in [6.45, 7) is 6.09. The molecule has 4 rings (SSSR count). The van der Waals surface area contributed by atoms with Crippen molar-refractivity contribution < 1.29 is 31.3 Å². The predicted molar refractivity (Wildman–Crippen MR) is 125 cm³/mol. The zero-order valence-electron chi connectivity index (χ0n) is 18.6. The Kier molecular flexibility index (Phi) is 6.36. The molecule has 0 radical (unpaired) electrons. The molecule has 0 aliphatic rings. The number of alkyl halides is 3. The molecule has 12 heteroatoms. The summed E-state index contributed by atoms with van der Waals surface area (Å²) in [7, 11) is -1.91. The van der Waals surface area contributed by atoms with Crippen LogP contribution in [0.4, 0.5) is 27.1 Å². The lowest BCUT2D eigenvalue weighted by atomic mass is 10.1. The van der Waals surface area contributed by atoms with Gasteiger partial charge in [-0.15, -0.1) is 0 Å². The van der Waals surface area contributed by atoms with Gasteiger partial charge in [0.05, 0.1) is 10.4 Å². The first-order valence-electron chi connectivity index (χ1n) is 10.3. The third kappa shape index (κ3) is 5.17. The quantitative estimate of drug-likeness (QED) is 0.238. The SMILES string of the molecule is C[Si](C)(C)c1cc(-c2nc(NC(=O)c3c(F)cccc3F)sc2-c2cccc(C(F)(F)F)c2)no1. The Morgan fingerprint density at radius 2 is 1.69 bits per heavy atom. The predicted octanol–water partition coefficient (Wildman–Crippen LogP) is 6.56. The molecule has 0 saturated carbocycles. The number of aromatic nitrogens is 2. The van der Waals surface area contributed by atoms with Crippen molar-refractivity contribution in [2.45, 2.75) is 25.8 Å². The van der Waals surface area contributed by atoms with Gasteiger partial charge in [0, 0.05) is 6.07 Å². The number of nitrogens with zero attached hydrogens (tertiary/aromatic N) is 2. The maximum absolute atomic E-state index is 14.0. The Morgan fingerprint density at radius 1 is 1.03 bits per heavy atom. The second kappa shape index (κ2) is 9.00. The molecule has 2 aromatic carbocycles. The molecule has 5 nitrogen and oxygen atoms in total. The molecule has 0 aliphatic carbocycles. The van der Waals surface area contributed by atoms with Crippen LogP contribution in [0.2, 0.25) is 19.6 Å². The molecule has 4 aromatic rings. The molecule has 2 aromatic heterocycles. The van der Waals surface area contributed by atoms with Crippen LogP contribution in [0.1, 0.15) is 15.9 Å². The molecule has 0 aliphatic heterocycles. The van der Waals surface area contributed by atoms with Gasteiger partial charge in [-0.2, -0.15) is 13.2 Å². The molecule has 0 saturated heterocycles. The third-order valence-electron chi connectivity index (χ3n) is 4.98. The minimum absolute atomic E-state index is 0.0716. The number of thiazole rings is 1. The Balaban J connectivity index is 1.81. The summed E-state index contributed by atoms with van der Waals surface area (Å²) in [5, 5.41) is 6.95. The van der Waals surface area contributed by atoms with Crippen molar-refractivity contribution in [1.82, 2.24) is 10.1 Å². The van der Waals surface area contributed by atoms with Gasteiger partial charge in [-0.05, 0) is 29.8 Å². The number of anilines is 1. The Bertz CT molecular complexity index is 1390. The van der Waals surface area contributed by atoms with Crippen LogP contribution < -0.4 is 10.7 Å². The Labute approximate surface area is 201 Å². The van der Waals surface area contributed by atoms with Crippen molar-refractivity contribution >= 4 is 35.8 Å². The Hall–Kier alpha value is -3.38. The highest BCUT2D eigenvalue weighted by Crippen LogP contribution is 2.40. The number of amides is 1. The van der Waals surface area contributed by atoms with Crippen LogP contribution in [0.3, 0.4) is 0 Å². The molecule has 0 unspecified atom stereocenters. The van der Waals surface area contributed by atoms with E-state index in [4.69, 9.17) is 4.52 Å². The van der Waals surface area contributed by atoms with Gasteiger partial charge in [0.1, 0.15) is 42.0 Å². The highest BCUT2D eigenvalue weighted by molar-refractivity contribution is 7.19. The molecule has 0 bridgehead atoms. The lowest BCUT2D eigenvalue weighted by Crippen LogP contribution is -2.36. The standard InChI is InChI=1S/C23H18F5N3O2SSi/c1-35(2,3)17-11-16(31-33-17)19-20(12-6-4-7-13(10-12)23(26,27)28)34-22(29-19)30-21(32)18-14(24)8-5-9-15(18)25/h4-11H,1-3H3,(H,29,30,32). The van der Waals surface area contributed by atoms with E-state index in [1.165, 1.54) is 12.1 Å². The maximum Gasteiger partial charge on any atom is 0.416 e. The van der Waals surface area contributed by atoms with Gasteiger partial charge in [-0.25, -0.2) is 13.8 Å². The molecule has 1 amide bonds. The van der Waals surface area contributed by atoms with Crippen molar-refractivity contribution in [3.63, 3.8) is 0 Å². The fraction of sp³-hybridized carbons (Fsp3) is 0.174. The molecule has 35 heavy (non-hydrogen) atoms. The smallest absolute Gasteiger partial charge is 0.366 e. The summed E-state index contributed by atoms with van der Waals surface area (Å²) in [6.07, 6.45) is -4.57. The zero-order chi connectivity index (χ0) is 25.5. The number of hydrogen-bond donors (Lipinski definition) is 1. The van der Waals surface area contributed by atoms with Crippen molar-refractivity contribution in [3.05, 3.63) is 71.3 Å². The fourth-order valence-corrected chi connectivity index (χ4v) is 5.05. The van der Waals surface area contributed by atoms with E-state index < -0.39 is 42.9 Å². The van der Waals surface area contributed by atoms with Crippen LogP contribution in [0.5, 0.6) is 0 Å². The van der Waals surface area contributed by atoms with Crippen molar-refractivity contribution in [2.24, 2.45) is 0 Å². The summed E-state index contributed by atoms with van der Waals surface area (Å²) < 4.78 is 73.5. The third-order valence-corrected chi connectivity index (χ3v) is 7.72. The van der Waals surface area contributed by atoms with Gasteiger partial charge >= 0.3 is 6.18 Å². The van der Waals surface area contributed by atoms with E-state index in [0.717, 1.165) is 41.7 Å². The molecule has 0 spiro atoms. The van der Waals surface area contributed by atoms with Crippen molar-refractivity contribution in [3.8, 4) is 21.8 Å². The first-order chi connectivity index (χ1) is 16.3. The lowest BCUT2D eigenvalue weighted by molar-refractivity contribution is -0.137. The van der Waals surface area contributed by atoms with E-state index in [2.05, 4.69) is 15.5 Å². The molecule has 1 N–H and O–H groups in total. The van der Waals surface area contributed by atoms with E-state index >= 15 is 0 Å². The number of hydrogen-bond acceptors (Lipinski definition) is 5. The van der Waals surface area contributed by atoms with Gasteiger partial charge in [-0.3, -0.25) is 10.1 Å². The molecule has 2 heterocycles. The van der Waals surface area contributed by atoms with E-state index in [1.807, 2.05) is 19.6 Å². The van der Waals surface area contributed by atoms with E-state index in [1.54, 1.807) is 6.07 Å². The molecule has 0 fully saturated rings. The molecular formula is C23H18F5N3O2SSi.